The molecule has 1 saturated carbocycles. The van der Waals surface area contributed by atoms with Crippen molar-refractivity contribution >= 4 is 15.7 Å². The summed E-state index contributed by atoms with van der Waals surface area (Å²) in [7, 11) is -3.55. The second-order valence-electron chi connectivity index (χ2n) is 6.39. The molecule has 1 amide bonds. The van der Waals surface area contributed by atoms with E-state index in [-0.39, 0.29) is 17.7 Å². The number of rotatable bonds is 5. The van der Waals surface area contributed by atoms with Crippen LogP contribution in [0.15, 0.2) is 0 Å². The van der Waals surface area contributed by atoms with Gasteiger partial charge in [0.25, 0.3) is 0 Å². The molecule has 0 spiro atoms. The Hall–Kier alpha value is -1.51. The summed E-state index contributed by atoms with van der Waals surface area (Å²) >= 11 is 0. The number of aromatic nitrogens is 4. The number of likely N-dealkylation sites (tertiary alicyclic amines) is 1. The Morgan fingerprint density at radius 1 is 1.32 bits per heavy atom. The summed E-state index contributed by atoms with van der Waals surface area (Å²) in [5.74, 6) is -0.273. The lowest BCUT2D eigenvalue weighted by atomic mass is 10.0. The Kier molecular flexibility index (Phi) is 4.16. The predicted molar refractivity (Wildman–Crippen MR) is 78.6 cm³/mol. The average molecular weight is 327 g/mol. The Morgan fingerprint density at radius 2 is 2.09 bits per heavy atom. The molecular weight excluding hydrogens is 306 g/mol. The van der Waals surface area contributed by atoms with Crippen molar-refractivity contribution in [3.05, 3.63) is 5.82 Å². The Labute approximate surface area is 129 Å². The zero-order valence-electron chi connectivity index (χ0n) is 12.7. The van der Waals surface area contributed by atoms with E-state index < -0.39 is 15.6 Å². The molecule has 1 aromatic heterocycles. The number of carbonyl (C=O) groups excluding carboxylic acids is 1. The average Bonchev–Trinajstić information content (AvgIpc) is 3.19. The van der Waals surface area contributed by atoms with Crippen molar-refractivity contribution in [3.8, 4) is 0 Å². The molecule has 1 aliphatic heterocycles. The van der Waals surface area contributed by atoms with Crippen molar-refractivity contribution in [2.24, 2.45) is 5.92 Å². The van der Waals surface area contributed by atoms with Crippen LogP contribution in [0.2, 0.25) is 0 Å². The summed E-state index contributed by atoms with van der Waals surface area (Å²) in [4.78, 5) is 13.9. The summed E-state index contributed by atoms with van der Waals surface area (Å²) < 4.78 is 26.1. The van der Waals surface area contributed by atoms with Gasteiger partial charge in [-0.05, 0) is 42.0 Å². The SMILES string of the molecule is CC1CCCN(C(=O)CS(=O)(=O)Cc2nnnn2C2CC2)C1. The van der Waals surface area contributed by atoms with Crippen LogP contribution < -0.4 is 0 Å². The van der Waals surface area contributed by atoms with Gasteiger partial charge in [0.2, 0.25) is 5.91 Å². The molecule has 0 aromatic carbocycles. The highest BCUT2D eigenvalue weighted by atomic mass is 32.2. The lowest BCUT2D eigenvalue weighted by Gasteiger charge is -2.30. The van der Waals surface area contributed by atoms with Crippen LogP contribution in [0.5, 0.6) is 0 Å². The first kappa shape index (κ1) is 15.4. The first-order chi connectivity index (χ1) is 10.4. The minimum Gasteiger partial charge on any atom is -0.342 e. The smallest absolute Gasteiger partial charge is 0.237 e. The van der Waals surface area contributed by atoms with Crippen molar-refractivity contribution in [1.29, 1.82) is 0 Å². The van der Waals surface area contributed by atoms with Crippen LogP contribution in [-0.4, -0.2) is 58.3 Å². The maximum atomic E-state index is 12.3. The van der Waals surface area contributed by atoms with E-state index in [0.717, 1.165) is 25.7 Å². The highest BCUT2D eigenvalue weighted by Gasteiger charge is 2.31. The monoisotopic (exact) mass is 327 g/mol. The first-order valence-corrected chi connectivity index (χ1v) is 9.52. The zero-order chi connectivity index (χ0) is 15.7. The van der Waals surface area contributed by atoms with Crippen LogP contribution in [0.25, 0.3) is 0 Å². The van der Waals surface area contributed by atoms with Gasteiger partial charge in [-0.25, -0.2) is 13.1 Å². The topological polar surface area (TPSA) is 98.1 Å². The molecule has 22 heavy (non-hydrogen) atoms. The van der Waals surface area contributed by atoms with Crippen LogP contribution >= 0.6 is 0 Å². The van der Waals surface area contributed by atoms with Crippen molar-refractivity contribution in [1.82, 2.24) is 25.1 Å². The molecule has 1 aliphatic carbocycles. The Morgan fingerprint density at radius 3 is 2.77 bits per heavy atom. The number of piperidine rings is 1. The number of nitrogens with zero attached hydrogens (tertiary/aromatic N) is 5. The Bertz CT molecular complexity index is 652. The summed E-state index contributed by atoms with van der Waals surface area (Å²) in [5.41, 5.74) is 0. The zero-order valence-corrected chi connectivity index (χ0v) is 13.5. The van der Waals surface area contributed by atoms with Gasteiger partial charge in [0.1, 0.15) is 11.5 Å². The van der Waals surface area contributed by atoms with E-state index in [1.165, 1.54) is 0 Å². The molecule has 2 heterocycles. The molecule has 0 N–H and O–H groups in total. The molecule has 1 atom stereocenters. The van der Waals surface area contributed by atoms with Crippen molar-refractivity contribution in [2.75, 3.05) is 18.8 Å². The van der Waals surface area contributed by atoms with E-state index in [1.54, 1.807) is 9.58 Å². The predicted octanol–water partition coefficient (Wildman–Crippen LogP) is 0.181. The highest BCUT2D eigenvalue weighted by Crippen LogP contribution is 2.34. The van der Waals surface area contributed by atoms with E-state index >= 15 is 0 Å². The third-order valence-electron chi connectivity index (χ3n) is 4.16. The Balaban J connectivity index is 1.63. The van der Waals surface area contributed by atoms with Crippen LogP contribution in [0.1, 0.15) is 44.5 Å². The van der Waals surface area contributed by atoms with Crippen LogP contribution in [0.3, 0.4) is 0 Å². The molecule has 2 fully saturated rings. The number of tetrazole rings is 1. The van der Waals surface area contributed by atoms with Gasteiger partial charge in [-0.2, -0.15) is 0 Å². The normalized spacial score (nSPS) is 22.8. The molecule has 9 heteroatoms. The molecule has 2 aliphatic rings. The second kappa shape index (κ2) is 5.94. The quantitative estimate of drug-likeness (QED) is 0.765. The fraction of sp³-hybridized carbons (Fsp3) is 0.846. The molecule has 8 nitrogen and oxygen atoms in total. The third kappa shape index (κ3) is 3.63. The lowest BCUT2D eigenvalue weighted by Crippen LogP contribution is -2.42. The fourth-order valence-electron chi connectivity index (χ4n) is 2.85. The molecule has 3 rings (SSSR count). The largest absolute Gasteiger partial charge is 0.342 e. The van der Waals surface area contributed by atoms with Gasteiger partial charge in [-0.15, -0.1) is 5.10 Å². The van der Waals surface area contributed by atoms with E-state index in [9.17, 15) is 13.2 Å². The van der Waals surface area contributed by atoms with Gasteiger partial charge in [-0.1, -0.05) is 6.92 Å². The fourth-order valence-corrected chi connectivity index (χ4v) is 4.10. The van der Waals surface area contributed by atoms with Gasteiger partial charge in [0.15, 0.2) is 15.7 Å². The summed E-state index contributed by atoms with van der Waals surface area (Å²) in [6, 6.07) is 0.221. The van der Waals surface area contributed by atoms with Gasteiger partial charge in [-0.3, -0.25) is 4.79 Å². The van der Waals surface area contributed by atoms with E-state index in [4.69, 9.17) is 0 Å². The van der Waals surface area contributed by atoms with Crippen molar-refractivity contribution < 1.29 is 13.2 Å². The number of hydrogen-bond donors (Lipinski definition) is 0. The highest BCUT2D eigenvalue weighted by molar-refractivity contribution is 7.91. The maximum Gasteiger partial charge on any atom is 0.237 e. The summed E-state index contributed by atoms with van der Waals surface area (Å²) in [5, 5.41) is 11.2. The van der Waals surface area contributed by atoms with E-state index in [2.05, 4.69) is 22.4 Å². The van der Waals surface area contributed by atoms with E-state index in [0.29, 0.717) is 24.8 Å². The molecule has 1 unspecified atom stereocenters. The maximum absolute atomic E-state index is 12.3. The van der Waals surface area contributed by atoms with Crippen molar-refractivity contribution in [3.63, 3.8) is 0 Å². The summed E-state index contributed by atoms with van der Waals surface area (Å²) in [6.45, 7) is 3.38. The minimum atomic E-state index is -3.55. The lowest BCUT2D eigenvalue weighted by molar-refractivity contribution is -0.130. The van der Waals surface area contributed by atoms with Gasteiger partial charge in [0, 0.05) is 13.1 Å². The molecule has 1 aromatic rings. The van der Waals surface area contributed by atoms with Gasteiger partial charge >= 0.3 is 0 Å². The molecular formula is C13H21N5O3S. The van der Waals surface area contributed by atoms with Crippen molar-refractivity contribution in [2.45, 2.75) is 44.4 Å². The number of sulfone groups is 1. The number of carbonyl (C=O) groups is 1. The molecule has 122 valence electrons. The summed E-state index contributed by atoms with van der Waals surface area (Å²) in [6.07, 6.45) is 3.98. The van der Waals surface area contributed by atoms with Gasteiger partial charge < -0.3 is 4.90 Å². The van der Waals surface area contributed by atoms with E-state index in [1.807, 2.05) is 0 Å². The molecule has 1 saturated heterocycles. The first-order valence-electron chi connectivity index (χ1n) is 7.69. The van der Waals surface area contributed by atoms with Gasteiger partial charge in [0.05, 0.1) is 6.04 Å². The van der Waals surface area contributed by atoms with Crippen LogP contribution in [-0.2, 0) is 20.4 Å². The molecule has 0 bridgehead atoms. The third-order valence-corrected chi connectivity index (χ3v) is 5.54. The standard InChI is InChI=1S/C13H21N5O3S/c1-10-3-2-6-17(7-10)13(19)9-22(20,21)8-12-14-15-16-18(12)11-4-5-11/h10-11H,2-9H2,1H3. The second-order valence-corrected chi connectivity index (χ2v) is 8.45. The number of amides is 1. The van der Waals surface area contributed by atoms with Crippen LogP contribution in [0, 0.1) is 5.92 Å². The molecule has 0 radical (unpaired) electrons. The number of hydrogen-bond acceptors (Lipinski definition) is 6. The van der Waals surface area contributed by atoms with Crippen LogP contribution in [0.4, 0.5) is 0 Å². The minimum absolute atomic E-state index is 0.221.